The van der Waals surface area contributed by atoms with Gasteiger partial charge in [0.25, 0.3) is 0 Å². The molecule has 0 aromatic heterocycles. The maximum absolute atomic E-state index is 13.6. The Balaban J connectivity index is 2.04. The minimum Gasteiger partial charge on any atom is -0.384 e. The third kappa shape index (κ3) is 4.04. The van der Waals surface area contributed by atoms with Crippen molar-refractivity contribution in [3.05, 3.63) is 35.1 Å². The van der Waals surface area contributed by atoms with E-state index >= 15 is 0 Å². The van der Waals surface area contributed by atoms with Crippen molar-refractivity contribution >= 4 is 0 Å². The lowest BCUT2D eigenvalue weighted by molar-refractivity contribution is 0.264. The highest BCUT2D eigenvalue weighted by molar-refractivity contribution is 5.37. The second kappa shape index (κ2) is 6.85. The number of hydrogen-bond acceptors (Lipinski definition) is 3. The Kier molecular flexibility index (Phi) is 5.13. The molecule has 0 spiro atoms. The van der Waals surface area contributed by atoms with Gasteiger partial charge >= 0.3 is 0 Å². The number of aliphatic hydroxyl groups excluding tert-OH is 1. The van der Waals surface area contributed by atoms with Gasteiger partial charge in [-0.05, 0) is 44.3 Å². The Morgan fingerprint density at radius 1 is 1.40 bits per heavy atom. The van der Waals surface area contributed by atoms with E-state index < -0.39 is 0 Å². The Hall–Kier alpha value is -1.41. The van der Waals surface area contributed by atoms with Gasteiger partial charge in [-0.25, -0.2) is 4.39 Å². The summed E-state index contributed by atoms with van der Waals surface area (Å²) in [5.74, 6) is 5.04. The van der Waals surface area contributed by atoms with Crippen LogP contribution in [-0.2, 0) is 6.54 Å². The van der Waals surface area contributed by atoms with Gasteiger partial charge in [-0.3, -0.25) is 4.90 Å². The highest BCUT2D eigenvalue weighted by Gasteiger charge is 2.23. The average Bonchev–Trinajstić information content (AvgIpc) is 2.84. The van der Waals surface area contributed by atoms with Crippen molar-refractivity contribution in [3.8, 4) is 11.8 Å². The molecule has 20 heavy (non-hydrogen) atoms. The Morgan fingerprint density at radius 3 is 2.85 bits per heavy atom. The molecule has 1 aromatic rings. The van der Waals surface area contributed by atoms with Crippen LogP contribution in [0, 0.1) is 17.7 Å². The van der Waals surface area contributed by atoms with Crippen molar-refractivity contribution in [2.24, 2.45) is 0 Å². The van der Waals surface area contributed by atoms with Gasteiger partial charge in [0.1, 0.15) is 12.4 Å². The third-order valence-electron chi connectivity index (χ3n) is 3.65. The van der Waals surface area contributed by atoms with E-state index in [1.807, 2.05) is 6.07 Å². The van der Waals surface area contributed by atoms with Crippen LogP contribution in [0.2, 0.25) is 0 Å². The molecule has 1 aliphatic heterocycles. The molecule has 2 rings (SSSR count). The van der Waals surface area contributed by atoms with Crippen molar-refractivity contribution < 1.29 is 9.50 Å². The minimum absolute atomic E-state index is 0.206. The lowest BCUT2D eigenvalue weighted by Gasteiger charge is -2.20. The van der Waals surface area contributed by atoms with E-state index in [1.165, 1.54) is 6.07 Å². The molecule has 0 aliphatic carbocycles. The molecule has 1 N–H and O–H groups in total. The maximum Gasteiger partial charge on any atom is 0.124 e. The van der Waals surface area contributed by atoms with E-state index in [2.05, 4.69) is 35.7 Å². The van der Waals surface area contributed by atoms with Crippen LogP contribution in [0.4, 0.5) is 4.39 Å². The van der Waals surface area contributed by atoms with Gasteiger partial charge in [0, 0.05) is 31.2 Å². The quantitative estimate of drug-likeness (QED) is 0.843. The van der Waals surface area contributed by atoms with Crippen LogP contribution in [0.3, 0.4) is 0 Å². The Bertz CT molecular complexity index is 519. The van der Waals surface area contributed by atoms with Gasteiger partial charge in [0.2, 0.25) is 0 Å². The lowest BCUT2D eigenvalue weighted by atomic mass is 10.1. The van der Waals surface area contributed by atoms with Gasteiger partial charge in [0.05, 0.1) is 0 Å². The number of nitrogens with zero attached hydrogens (tertiary/aromatic N) is 2. The molecular weight excluding hydrogens is 255 g/mol. The summed E-state index contributed by atoms with van der Waals surface area (Å²) in [5.41, 5.74) is 1.56. The normalized spacial score (nSPS) is 19.1. The van der Waals surface area contributed by atoms with Crippen LogP contribution in [0.15, 0.2) is 18.2 Å². The molecule has 1 unspecified atom stereocenters. The summed E-state index contributed by atoms with van der Waals surface area (Å²) in [5, 5.41) is 8.70. The molecule has 108 valence electrons. The summed E-state index contributed by atoms with van der Waals surface area (Å²) in [7, 11) is 4.19. The first-order valence-corrected chi connectivity index (χ1v) is 6.86. The molecule has 1 saturated heterocycles. The predicted molar refractivity (Wildman–Crippen MR) is 77.7 cm³/mol. The van der Waals surface area contributed by atoms with E-state index in [1.54, 1.807) is 6.07 Å². The standard InChI is InChI=1S/C16H21FN2O/c1-18(2)16-5-6-19(12-16)11-14-8-13(4-3-7-20)9-15(17)10-14/h8-10,16,20H,5-7,11-12H2,1-2H3. The first-order valence-electron chi connectivity index (χ1n) is 6.86. The van der Waals surface area contributed by atoms with Crippen molar-refractivity contribution in [1.82, 2.24) is 9.80 Å². The highest BCUT2D eigenvalue weighted by Crippen LogP contribution is 2.17. The smallest absolute Gasteiger partial charge is 0.124 e. The van der Waals surface area contributed by atoms with Gasteiger partial charge in [-0.2, -0.15) is 0 Å². The zero-order valence-electron chi connectivity index (χ0n) is 12.1. The molecule has 1 aliphatic rings. The molecular formula is C16H21FN2O. The van der Waals surface area contributed by atoms with Gasteiger partial charge in [-0.1, -0.05) is 11.8 Å². The molecule has 1 atom stereocenters. The number of aliphatic hydroxyl groups is 1. The Morgan fingerprint density at radius 2 is 2.20 bits per heavy atom. The fourth-order valence-electron chi connectivity index (χ4n) is 2.59. The van der Waals surface area contributed by atoms with E-state index in [4.69, 9.17) is 5.11 Å². The van der Waals surface area contributed by atoms with E-state index in [-0.39, 0.29) is 12.4 Å². The zero-order valence-corrected chi connectivity index (χ0v) is 12.1. The molecule has 3 nitrogen and oxygen atoms in total. The fourth-order valence-corrected chi connectivity index (χ4v) is 2.59. The number of hydrogen-bond donors (Lipinski definition) is 1. The van der Waals surface area contributed by atoms with Crippen LogP contribution in [0.5, 0.6) is 0 Å². The first-order chi connectivity index (χ1) is 9.58. The summed E-state index contributed by atoms with van der Waals surface area (Å²) < 4.78 is 13.6. The van der Waals surface area contributed by atoms with Crippen LogP contribution in [0.1, 0.15) is 17.5 Å². The van der Waals surface area contributed by atoms with Crippen LogP contribution < -0.4 is 0 Å². The van der Waals surface area contributed by atoms with Gasteiger partial charge in [-0.15, -0.1) is 0 Å². The summed E-state index contributed by atoms with van der Waals surface area (Å²) in [6.45, 7) is 2.59. The SMILES string of the molecule is CN(C)C1CCN(Cc2cc(F)cc(C#CCO)c2)C1. The number of rotatable bonds is 3. The fraction of sp³-hybridized carbons (Fsp3) is 0.500. The topological polar surface area (TPSA) is 26.7 Å². The van der Waals surface area contributed by atoms with Crippen LogP contribution >= 0.6 is 0 Å². The van der Waals surface area contributed by atoms with Gasteiger partial charge in [0.15, 0.2) is 0 Å². The predicted octanol–water partition coefficient (Wildman–Crippen LogP) is 1.31. The number of likely N-dealkylation sites (N-methyl/N-ethyl adjacent to an activating group) is 1. The molecule has 0 saturated carbocycles. The maximum atomic E-state index is 13.6. The van der Waals surface area contributed by atoms with E-state index in [9.17, 15) is 4.39 Å². The summed E-state index contributed by atoms with van der Waals surface area (Å²) in [6.07, 6.45) is 1.15. The zero-order chi connectivity index (χ0) is 14.5. The lowest BCUT2D eigenvalue weighted by Crippen LogP contribution is -2.31. The molecule has 0 bridgehead atoms. The molecule has 1 heterocycles. The average molecular weight is 276 g/mol. The number of halogens is 1. The van der Waals surface area contributed by atoms with Crippen molar-refractivity contribution in [3.63, 3.8) is 0 Å². The largest absolute Gasteiger partial charge is 0.384 e. The number of likely N-dealkylation sites (tertiary alicyclic amines) is 1. The summed E-state index contributed by atoms with van der Waals surface area (Å²) in [4.78, 5) is 4.58. The minimum atomic E-state index is -0.270. The van der Waals surface area contributed by atoms with Crippen LogP contribution in [0.25, 0.3) is 0 Å². The second-order valence-corrected chi connectivity index (χ2v) is 5.45. The van der Waals surface area contributed by atoms with Crippen LogP contribution in [-0.4, -0.2) is 54.7 Å². The molecule has 1 fully saturated rings. The first kappa shape index (κ1) is 15.0. The molecule has 0 amide bonds. The van der Waals surface area contributed by atoms with Crippen molar-refractivity contribution in [2.75, 3.05) is 33.8 Å². The number of benzene rings is 1. The highest BCUT2D eigenvalue weighted by atomic mass is 19.1. The second-order valence-electron chi connectivity index (χ2n) is 5.45. The molecule has 4 heteroatoms. The monoisotopic (exact) mass is 276 g/mol. The summed E-state index contributed by atoms with van der Waals surface area (Å²) in [6, 6.07) is 5.44. The van der Waals surface area contributed by atoms with Crippen molar-refractivity contribution in [1.29, 1.82) is 0 Å². The van der Waals surface area contributed by atoms with E-state index in [0.717, 1.165) is 31.6 Å². The summed E-state index contributed by atoms with van der Waals surface area (Å²) >= 11 is 0. The van der Waals surface area contributed by atoms with Gasteiger partial charge < -0.3 is 10.0 Å². The Labute approximate surface area is 120 Å². The van der Waals surface area contributed by atoms with Crippen molar-refractivity contribution in [2.45, 2.75) is 19.0 Å². The third-order valence-corrected chi connectivity index (χ3v) is 3.65. The molecule has 0 radical (unpaired) electrons. The molecule has 1 aromatic carbocycles. The van der Waals surface area contributed by atoms with E-state index in [0.29, 0.717) is 11.6 Å².